The SMILES string of the molecule is O=C1CCC(N2Cc3cc(NC(=O)CCNCCCOCCCCNC(=O)[C@]4(Cc5cccc(Nc6nccs6)n5)CC[C@@H](Oc5cccc(Cl)c5F)CC4)ccc3C2=O)C(=O)N1. The summed E-state index contributed by atoms with van der Waals surface area (Å²) in [6.45, 7) is 3.03. The molecule has 63 heavy (non-hydrogen) atoms. The highest BCUT2D eigenvalue weighted by Gasteiger charge is 2.43. The minimum atomic E-state index is -0.712. The number of ether oxygens (including phenoxy) is 2. The smallest absolute Gasteiger partial charge is 0.255 e. The maximum atomic E-state index is 14.6. The van der Waals surface area contributed by atoms with E-state index in [2.05, 4.69) is 31.6 Å². The predicted molar refractivity (Wildman–Crippen MR) is 236 cm³/mol. The lowest BCUT2D eigenvalue weighted by Gasteiger charge is -2.39. The van der Waals surface area contributed by atoms with Crippen molar-refractivity contribution in [2.24, 2.45) is 5.41 Å². The van der Waals surface area contributed by atoms with Crippen LogP contribution in [-0.2, 0) is 36.9 Å². The van der Waals surface area contributed by atoms with Crippen LogP contribution in [0, 0.1) is 11.2 Å². The second-order valence-corrected chi connectivity index (χ2v) is 17.4. The number of rotatable bonds is 21. The molecule has 5 amide bonds. The van der Waals surface area contributed by atoms with Gasteiger partial charge in [-0.15, -0.1) is 11.3 Å². The number of fused-ring (bicyclic) bond motifs is 1. The van der Waals surface area contributed by atoms with Gasteiger partial charge < -0.3 is 35.6 Å². The minimum absolute atomic E-state index is 0.00624. The monoisotopic (exact) mass is 902 g/mol. The lowest BCUT2D eigenvalue weighted by Crippen LogP contribution is -2.52. The fourth-order valence-electron chi connectivity index (χ4n) is 8.21. The first-order chi connectivity index (χ1) is 30.6. The van der Waals surface area contributed by atoms with Crippen LogP contribution in [0.15, 0.2) is 66.2 Å². The highest BCUT2D eigenvalue weighted by atomic mass is 35.5. The van der Waals surface area contributed by atoms with Crippen molar-refractivity contribution in [3.8, 4) is 5.75 Å². The topological polar surface area (TPSA) is 193 Å². The summed E-state index contributed by atoms with van der Waals surface area (Å²) in [5.74, 6) is -1.06. The number of aromatic nitrogens is 2. The second kappa shape index (κ2) is 21.7. The van der Waals surface area contributed by atoms with Gasteiger partial charge in [0.25, 0.3) is 5.91 Å². The van der Waals surface area contributed by atoms with Crippen molar-refractivity contribution < 1.29 is 37.8 Å². The zero-order chi connectivity index (χ0) is 44.2. The molecule has 1 saturated carbocycles. The Bertz CT molecular complexity index is 2260. The highest BCUT2D eigenvalue weighted by molar-refractivity contribution is 7.13. The number of imide groups is 1. The summed E-state index contributed by atoms with van der Waals surface area (Å²) < 4.78 is 26.5. The molecule has 15 nitrogen and oxygen atoms in total. The number of unbranched alkanes of at least 4 members (excludes halogenated alkanes) is 1. The predicted octanol–water partition coefficient (Wildman–Crippen LogP) is 6.31. The number of piperidine rings is 1. The average molecular weight is 903 g/mol. The van der Waals surface area contributed by atoms with Crippen LogP contribution in [-0.4, -0.2) is 89.4 Å². The number of pyridine rings is 1. The van der Waals surface area contributed by atoms with E-state index < -0.39 is 23.2 Å². The number of anilines is 3. The zero-order valence-electron chi connectivity index (χ0n) is 34.9. The van der Waals surface area contributed by atoms with Gasteiger partial charge in [-0.05, 0) is 106 Å². The Morgan fingerprint density at radius 3 is 2.62 bits per heavy atom. The van der Waals surface area contributed by atoms with Gasteiger partial charge in [-0.1, -0.05) is 23.7 Å². The first-order valence-corrected chi connectivity index (χ1v) is 22.7. The van der Waals surface area contributed by atoms with Crippen LogP contribution in [0.3, 0.4) is 0 Å². The highest BCUT2D eigenvalue weighted by Crippen LogP contribution is 2.41. The second-order valence-electron chi connectivity index (χ2n) is 16.1. The Kier molecular flexibility index (Phi) is 15.7. The van der Waals surface area contributed by atoms with Crippen LogP contribution in [0.4, 0.5) is 21.0 Å². The molecule has 5 N–H and O–H groups in total. The lowest BCUT2D eigenvalue weighted by molar-refractivity contribution is -0.137. The fraction of sp³-hybridized carbons (Fsp3) is 0.444. The molecule has 1 unspecified atom stereocenters. The Morgan fingerprint density at radius 2 is 1.81 bits per heavy atom. The van der Waals surface area contributed by atoms with Gasteiger partial charge in [-0.2, -0.15) is 0 Å². The molecule has 2 aliphatic heterocycles. The number of hydrogen-bond donors (Lipinski definition) is 5. The summed E-state index contributed by atoms with van der Waals surface area (Å²) >= 11 is 7.46. The molecule has 4 heterocycles. The van der Waals surface area contributed by atoms with E-state index in [1.165, 1.54) is 22.3 Å². The van der Waals surface area contributed by atoms with Crippen LogP contribution in [0.25, 0.3) is 0 Å². The number of benzene rings is 2. The van der Waals surface area contributed by atoms with Crippen LogP contribution < -0.4 is 31.3 Å². The van der Waals surface area contributed by atoms with E-state index in [-0.39, 0.29) is 66.3 Å². The van der Waals surface area contributed by atoms with Crippen LogP contribution in [0.5, 0.6) is 5.75 Å². The maximum absolute atomic E-state index is 14.6. The summed E-state index contributed by atoms with van der Waals surface area (Å²) in [6.07, 6.45) is 7.18. The molecular weight excluding hydrogens is 851 g/mol. The third kappa shape index (κ3) is 12.2. The Morgan fingerprint density at radius 1 is 0.984 bits per heavy atom. The first kappa shape index (κ1) is 45.5. The molecule has 0 radical (unpaired) electrons. The summed E-state index contributed by atoms with van der Waals surface area (Å²) in [5.41, 5.74) is 1.86. The van der Waals surface area contributed by atoms with Crippen molar-refractivity contribution in [2.45, 2.75) is 89.3 Å². The first-order valence-electron chi connectivity index (χ1n) is 21.4. The van der Waals surface area contributed by atoms with Gasteiger partial charge in [0, 0.05) is 80.6 Å². The fourth-order valence-corrected chi connectivity index (χ4v) is 8.91. The van der Waals surface area contributed by atoms with E-state index in [0.29, 0.717) is 82.0 Å². The number of amides is 5. The third-order valence-electron chi connectivity index (χ3n) is 11.6. The molecule has 4 aromatic rings. The molecule has 2 aromatic carbocycles. The minimum Gasteiger partial charge on any atom is -0.487 e. The largest absolute Gasteiger partial charge is 0.487 e. The summed E-state index contributed by atoms with van der Waals surface area (Å²) in [4.78, 5) is 74.0. The molecule has 1 saturated heterocycles. The number of carbonyl (C=O) groups is 5. The number of halogens is 2. The van der Waals surface area contributed by atoms with E-state index >= 15 is 0 Å². The average Bonchev–Trinajstić information content (AvgIpc) is 3.90. The number of thiazole rings is 1. The number of nitrogens with one attached hydrogen (secondary N) is 5. The van der Waals surface area contributed by atoms with E-state index in [0.717, 1.165) is 35.7 Å². The van der Waals surface area contributed by atoms with Crippen LogP contribution in [0.2, 0.25) is 5.02 Å². The molecule has 18 heteroatoms. The summed E-state index contributed by atoms with van der Waals surface area (Å²) in [7, 11) is 0. The molecule has 0 spiro atoms. The van der Waals surface area contributed by atoms with Crippen molar-refractivity contribution in [3.63, 3.8) is 0 Å². The maximum Gasteiger partial charge on any atom is 0.255 e. The lowest BCUT2D eigenvalue weighted by atomic mass is 9.69. The molecule has 2 fully saturated rings. The van der Waals surface area contributed by atoms with Gasteiger partial charge in [0.2, 0.25) is 23.6 Å². The van der Waals surface area contributed by atoms with Gasteiger partial charge in [0.1, 0.15) is 11.9 Å². The van der Waals surface area contributed by atoms with Gasteiger partial charge >= 0.3 is 0 Å². The van der Waals surface area contributed by atoms with Crippen LogP contribution >= 0.6 is 22.9 Å². The van der Waals surface area contributed by atoms with Crippen molar-refractivity contribution in [2.75, 3.05) is 43.5 Å². The Balaban J connectivity index is 0.778. The Hall–Kier alpha value is -5.49. The molecule has 0 bridgehead atoms. The van der Waals surface area contributed by atoms with Crippen molar-refractivity contribution >= 4 is 69.1 Å². The van der Waals surface area contributed by atoms with Gasteiger partial charge in [-0.3, -0.25) is 29.3 Å². The van der Waals surface area contributed by atoms with Crippen molar-refractivity contribution in [1.29, 1.82) is 0 Å². The third-order valence-corrected chi connectivity index (χ3v) is 12.5. The van der Waals surface area contributed by atoms with E-state index in [1.807, 2.05) is 23.6 Å². The normalized spacial score (nSPS) is 19.7. The number of carbonyl (C=O) groups excluding carboxylic acids is 5. The molecule has 7 rings (SSSR count). The molecule has 1 aliphatic carbocycles. The molecule has 1 atom stereocenters. The quantitative estimate of drug-likeness (QED) is 0.0465. The number of nitrogens with zero attached hydrogens (tertiary/aromatic N) is 3. The van der Waals surface area contributed by atoms with Gasteiger partial charge in [0.15, 0.2) is 16.7 Å². The Labute approximate surface area is 374 Å². The molecule has 3 aliphatic rings. The van der Waals surface area contributed by atoms with Crippen LogP contribution in [0.1, 0.15) is 85.8 Å². The summed E-state index contributed by atoms with van der Waals surface area (Å²) in [6, 6.07) is 14.8. The zero-order valence-corrected chi connectivity index (χ0v) is 36.5. The van der Waals surface area contributed by atoms with Crippen molar-refractivity contribution in [3.05, 3.63) is 93.8 Å². The van der Waals surface area contributed by atoms with E-state index in [1.54, 1.807) is 36.5 Å². The van der Waals surface area contributed by atoms with Crippen molar-refractivity contribution in [1.82, 2.24) is 30.8 Å². The summed E-state index contributed by atoms with van der Waals surface area (Å²) in [5, 5.41) is 17.5. The number of hydrogen-bond acceptors (Lipinski definition) is 12. The van der Waals surface area contributed by atoms with Gasteiger partial charge in [0.05, 0.1) is 16.5 Å². The molecule has 334 valence electrons. The van der Waals surface area contributed by atoms with Gasteiger partial charge in [-0.25, -0.2) is 14.4 Å². The molecule has 2 aromatic heterocycles. The van der Waals surface area contributed by atoms with E-state index in [4.69, 9.17) is 26.1 Å². The molecular formula is C45H52ClFN8O7S. The van der Waals surface area contributed by atoms with E-state index in [9.17, 15) is 28.4 Å². The standard InChI is InChI=1S/C45H52ClFN8O7S/c46-34-7-4-8-36(40(34)47)62-32-14-17-45(18-15-32,27-31-6-3-9-37(51-31)53-44-50-22-25-63-44)43(60)49-20-1-2-23-61-24-5-19-48-21-16-39(57)52-30-10-11-33-29(26-30)28-55(42(33)59)35-12-13-38(56)54-41(35)58/h3-4,6-11,22,25-26,32,35,48H,1-2,5,12-21,23-24,27-28H2,(H,49,60)(H,52,57)(H,50,51,53)(H,54,56,58)/t32-,35?,45-.